The van der Waals surface area contributed by atoms with Gasteiger partial charge in [-0.2, -0.15) is 0 Å². The number of furan rings is 2. The summed E-state index contributed by atoms with van der Waals surface area (Å²) >= 11 is 0. The van der Waals surface area contributed by atoms with E-state index in [4.69, 9.17) is 8.83 Å². The highest BCUT2D eigenvalue weighted by molar-refractivity contribution is 6.11. The van der Waals surface area contributed by atoms with Crippen molar-refractivity contribution < 1.29 is 8.83 Å². The predicted molar refractivity (Wildman–Crippen MR) is 121 cm³/mol. The second kappa shape index (κ2) is 5.99. The van der Waals surface area contributed by atoms with Crippen molar-refractivity contribution >= 4 is 43.9 Å². The second-order valence-electron chi connectivity index (χ2n) is 7.74. The van der Waals surface area contributed by atoms with Gasteiger partial charge in [0.2, 0.25) is 0 Å². The van der Waals surface area contributed by atoms with Crippen LogP contribution in [0.3, 0.4) is 0 Å². The van der Waals surface area contributed by atoms with Crippen molar-refractivity contribution in [1.29, 1.82) is 0 Å². The van der Waals surface area contributed by atoms with Gasteiger partial charge in [-0.05, 0) is 48.7 Å². The molecule has 29 heavy (non-hydrogen) atoms. The molecule has 6 aromatic rings. The summed E-state index contributed by atoms with van der Waals surface area (Å²) in [5, 5.41) is 4.65. The maximum Gasteiger partial charge on any atom is 0.143 e. The molecule has 0 spiro atoms. The van der Waals surface area contributed by atoms with Gasteiger partial charge in [0.05, 0.1) is 0 Å². The van der Waals surface area contributed by atoms with Crippen LogP contribution in [0.1, 0.15) is 18.1 Å². The van der Waals surface area contributed by atoms with E-state index in [1.165, 1.54) is 21.9 Å². The summed E-state index contributed by atoms with van der Waals surface area (Å²) in [5.74, 6) is 0. The highest BCUT2D eigenvalue weighted by Crippen LogP contribution is 2.39. The first-order valence-corrected chi connectivity index (χ1v) is 10.1. The molecule has 0 saturated heterocycles. The third-order valence-electron chi connectivity index (χ3n) is 5.92. The van der Waals surface area contributed by atoms with Crippen molar-refractivity contribution in [2.75, 3.05) is 0 Å². The smallest absolute Gasteiger partial charge is 0.143 e. The minimum absolute atomic E-state index is 0.928. The maximum absolute atomic E-state index is 6.29. The summed E-state index contributed by atoms with van der Waals surface area (Å²) < 4.78 is 12.5. The lowest BCUT2D eigenvalue weighted by molar-refractivity contribution is 0.663. The molecule has 0 saturated carbocycles. The van der Waals surface area contributed by atoms with E-state index in [9.17, 15) is 0 Å². The summed E-state index contributed by atoms with van der Waals surface area (Å²) in [6.45, 7) is 4.28. The van der Waals surface area contributed by atoms with Gasteiger partial charge in [-0.25, -0.2) is 0 Å². The fourth-order valence-corrected chi connectivity index (χ4v) is 4.44. The first kappa shape index (κ1) is 16.4. The van der Waals surface area contributed by atoms with Crippen molar-refractivity contribution in [3.63, 3.8) is 0 Å². The molecule has 0 atom stereocenters. The Labute approximate surface area is 168 Å². The van der Waals surface area contributed by atoms with Gasteiger partial charge in [0.15, 0.2) is 0 Å². The number of hydrogen-bond donors (Lipinski definition) is 0. The molecule has 0 amide bonds. The summed E-state index contributed by atoms with van der Waals surface area (Å²) in [4.78, 5) is 0. The summed E-state index contributed by atoms with van der Waals surface area (Å²) in [7, 11) is 0. The molecule has 0 fully saturated rings. The van der Waals surface area contributed by atoms with E-state index in [0.717, 1.165) is 50.7 Å². The number of para-hydroxylation sites is 2. The topological polar surface area (TPSA) is 26.3 Å². The van der Waals surface area contributed by atoms with E-state index in [1.54, 1.807) is 0 Å². The number of benzene rings is 4. The standard InChI is InChI=1S/C27H20O2/c1-3-17-6-4-8-20-23-15-18(11-13-25(23)28-26(17)20)19-7-5-9-21-22-14-16(2)10-12-24(22)29-27(19)21/h4-15H,3H2,1-2H3. The van der Waals surface area contributed by atoms with E-state index in [0.29, 0.717) is 0 Å². The Bertz CT molecular complexity index is 1550. The molecule has 0 N–H and O–H groups in total. The molecule has 140 valence electrons. The Morgan fingerprint density at radius 1 is 0.655 bits per heavy atom. The molecular formula is C27H20O2. The van der Waals surface area contributed by atoms with Gasteiger partial charge in [-0.3, -0.25) is 0 Å². The number of hydrogen-bond acceptors (Lipinski definition) is 2. The maximum atomic E-state index is 6.29. The normalized spacial score (nSPS) is 11.9. The Morgan fingerprint density at radius 2 is 1.34 bits per heavy atom. The lowest BCUT2D eigenvalue weighted by Gasteiger charge is -2.03. The minimum atomic E-state index is 0.928. The first-order valence-electron chi connectivity index (χ1n) is 10.1. The van der Waals surface area contributed by atoms with E-state index < -0.39 is 0 Å². The minimum Gasteiger partial charge on any atom is -0.456 e. The zero-order valence-electron chi connectivity index (χ0n) is 16.5. The van der Waals surface area contributed by atoms with Crippen LogP contribution in [-0.4, -0.2) is 0 Å². The molecule has 0 unspecified atom stereocenters. The van der Waals surface area contributed by atoms with Gasteiger partial charge in [-0.1, -0.05) is 61.0 Å². The van der Waals surface area contributed by atoms with Crippen molar-refractivity contribution in [3.05, 3.63) is 83.9 Å². The van der Waals surface area contributed by atoms with Crippen LogP contribution in [0.2, 0.25) is 0 Å². The molecule has 2 aromatic heterocycles. The highest BCUT2D eigenvalue weighted by atomic mass is 16.3. The van der Waals surface area contributed by atoms with Gasteiger partial charge in [0, 0.05) is 27.1 Å². The monoisotopic (exact) mass is 376 g/mol. The molecular weight excluding hydrogens is 356 g/mol. The van der Waals surface area contributed by atoms with Gasteiger partial charge < -0.3 is 8.83 Å². The summed E-state index contributed by atoms with van der Waals surface area (Å²) in [5.41, 5.74) is 8.54. The Kier molecular flexibility index (Phi) is 3.39. The van der Waals surface area contributed by atoms with Crippen molar-refractivity contribution in [2.45, 2.75) is 20.3 Å². The van der Waals surface area contributed by atoms with Gasteiger partial charge in [0.25, 0.3) is 0 Å². The average molecular weight is 376 g/mol. The molecule has 0 bridgehead atoms. The molecule has 0 aliphatic carbocycles. The molecule has 0 aliphatic rings. The van der Waals surface area contributed by atoms with Crippen LogP contribution in [0.25, 0.3) is 55.0 Å². The molecule has 0 aliphatic heterocycles. The lowest BCUT2D eigenvalue weighted by atomic mass is 9.99. The Morgan fingerprint density at radius 3 is 2.17 bits per heavy atom. The van der Waals surface area contributed by atoms with Crippen molar-refractivity contribution in [1.82, 2.24) is 0 Å². The van der Waals surface area contributed by atoms with Crippen LogP contribution in [0, 0.1) is 6.92 Å². The Hall–Kier alpha value is -3.52. The van der Waals surface area contributed by atoms with Crippen LogP contribution in [0.5, 0.6) is 0 Å². The lowest BCUT2D eigenvalue weighted by Crippen LogP contribution is -1.80. The Balaban J connectivity index is 1.64. The second-order valence-corrected chi connectivity index (χ2v) is 7.74. The fraction of sp³-hybridized carbons (Fsp3) is 0.111. The van der Waals surface area contributed by atoms with E-state index >= 15 is 0 Å². The van der Waals surface area contributed by atoms with E-state index in [2.05, 4.69) is 86.6 Å². The van der Waals surface area contributed by atoms with Gasteiger partial charge in [0.1, 0.15) is 22.3 Å². The zero-order valence-corrected chi connectivity index (χ0v) is 16.5. The van der Waals surface area contributed by atoms with Crippen LogP contribution in [0.15, 0.2) is 81.6 Å². The van der Waals surface area contributed by atoms with Crippen LogP contribution in [0.4, 0.5) is 0 Å². The van der Waals surface area contributed by atoms with Crippen molar-refractivity contribution in [2.24, 2.45) is 0 Å². The first-order chi connectivity index (χ1) is 14.2. The quantitative estimate of drug-likeness (QED) is 0.306. The fourth-order valence-electron chi connectivity index (χ4n) is 4.44. The van der Waals surface area contributed by atoms with Gasteiger partial charge in [-0.15, -0.1) is 0 Å². The van der Waals surface area contributed by atoms with Crippen LogP contribution in [-0.2, 0) is 6.42 Å². The van der Waals surface area contributed by atoms with E-state index in [-0.39, 0.29) is 0 Å². The summed E-state index contributed by atoms with van der Waals surface area (Å²) in [6, 6.07) is 25.6. The van der Waals surface area contributed by atoms with Crippen LogP contribution < -0.4 is 0 Å². The zero-order chi connectivity index (χ0) is 19.5. The SMILES string of the molecule is CCc1cccc2c1oc1ccc(-c3cccc4c3oc3ccc(C)cc34)cc12. The molecule has 2 heteroatoms. The predicted octanol–water partition coefficient (Wildman–Crippen LogP) is 8.02. The third-order valence-corrected chi connectivity index (χ3v) is 5.92. The van der Waals surface area contributed by atoms with Crippen molar-refractivity contribution in [3.8, 4) is 11.1 Å². The molecule has 0 radical (unpaired) electrons. The molecule has 4 aromatic carbocycles. The number of rotatable bonds is 2. The number of fused-ring (bicyclic) bond motifs is 6. The highest BCUT2D eigenvalue weighted by Gasteiger charge is 2.15. The third kappa shape index (κ3) is 2.35. The molecule has 2 nitrogen and oxygen atoms in total. The largest absolute Gasteiger partial charge is 0.456 e. The number of aryl methyl sites for hydroxylation is 2. The average Bonchev–Trinajstić information content (AvgIpc) is 3.31. The summed E-state index contributed by atoms with van der Waals surface area (Å²) in [6.07, 6.45) is 0.960. The van der Waals surface area contributed by atoms with Gasteiger partial charge >= 0.3 is 0 Å². The van der Waals surface area contributed by atoms with Crippen LogP contribution >= 0.6 is 0 Å². The van der Waals surface area contributed by atoms with E-state index in [1.807, 2.05) is 0 Å². The molecule has 6 rings (SSSR count). The molecule has 2 heterocycles.